The predicted molar refractivity (Wildman–Crippen MR) is 137 cm³/mol. The molecule has 0 atom stereocenters. The molecule has 0 fully saturated rings. The molecule has 3 aromatic carbocycles. The summed E-state index contributed by atoms with van der Waals surface area (Å²) in [5.41, 5.74) is 5.24. The van der Waals surface area contributed by atoms with E-state index in [9.17, 15) is 8.78 Å². The molecule has 0 heterocycles. The van der Waals surface area contributed by atoms with Crippen molar-refractivity contribution < 1.29 is 8.78 Å². The summed E-state index contributed by atoms with van der Waals surface area (Å²) in [6.45, 7) is 4.38. The van der Waals surface area contributed by atoms with Gasteiger partial charge in [0.2, 0.25) is 0 Å². The maximum absolute atomic E-state index is 14.8. The van der Waals surface area contributed by atoms with Crippen molar-refractivity contribution in [2.45, 2.75) is 84.5 Å². The lowest BCUT2D eigenvalue weighted by atomic mass is 9.97. The van der Waals surface area contributed by atoms with Gasteiger partial charge in [-0.2, -0.15) is 0 Å². The Balaban J connectivity index is 1.54. The van der Waals surface area contributed by atoms with Crippen LogP contribution < -0.4 is 0 Å². The first-order valence-corrected chi connectivity index (χ1v) is 12.8. The zero-order valence-electron chi connectivity index (χ0n) is 20.3. The summed E-state index contributed by atoms with van der Waals surface area (Å²) in [4.78, 5) is 0. The van der Waals surface area contributed by atoms with Gasteiger partial charge in [-0.15, -0.1) is 0 Å². The number of rotatable bonds is 13. The standard InChI is InChI=1S/C31H38F2/c1-3-5-6-7-8-9-11-25-12-14-26(15-13-25)18-21-28-22-23-29(31(33)30(28)32)27-19-16-24(10-4-2)17-20-27/h12-17,19-20,22-23H,3-11,18,21H2,1-2H3. The molecule has 3 rings (SSSR count). The number of unbranched alkanes of at least 4 members (excludes halogenated alkanes) is 5. The molecule has 0 amide bonds. The fourth-order valence-corrected chi connectivity index (χ4v) is 4.41. The van der Waals surface area contributed by atoms with Crippen molar-refractivity contribution in [2.75, 3.05) is 0 Å². The topological polar surface area (TPSA) is 0 Å². The van der Waals surface area contributed by atoms with Crippen LogP contribution in [0.5, 0.6) is 0 Å². The van der Waals surface area contributed by atoms with E-state index in [4.69, 9.17) is 0 Å². The van der Waals surface area contributed by atoms with Crippen LogP contribution in [0.15, 0.2) is 60.7 Å². The summed E-state index contributed by atoms with van der Waals surface area (Å²) in [5, 5.41) is 0. The number of hydrogen-bond donors (Lipinski definition) is 0. The van der Waals surface area contributed by atoms with Crippen molar-refractivity contribution in [2.24, 2.45) is 0 Å². The van der Waals surface area contributed by atoms with Gasteiger partial charge in [0.25, 0.3) is 0 Å². The highest BCUT2D eigenvalue weighted by Crippen LogP contribution is 2.27. The molecule has 0 saturated carbocycles. The van der Waals surface area contributed by atoms with Crippen LogP contribution in [0.2, 0.25) is 0 Å². The smallest absolute Gasteiger partial charge is 0.166 e. The molecule has 33 heavy (non-hydrogen) atoms. The van der Waals surface area contributed by atoms with Crippen molar-refractivity contribution in [3.05, 3.63) is 94.6 Å². The summed E-state index contributed by atoms with van der Waals surface area (Å²) in [6, 6.07) is 19.9. The molecule has 176 valence electrons. The highest BCUT2D eigenvalue weighted by molar-refractivity contribution is 5.65. The van der Waals surface area contributed by atoms with E-state index in [-0.39, 0.29) is 0 Å². The van der Waals surface area contributed by atoms with Gasteiger partial charge in [0.1, 0.15) is 0 Å². The molecule has 2 heteroatoms. The van der Waals surface area contributed by atoms with Crippen LogP contribution in [-0.4, -0.2) is 0 Å². The Kier molecular flexibility index (Phi) is 10.1. The van der Waals surface area contributed by atoms with Gasteiger partial charge in [-0.05, 0) is 59.9 Å². The van der Waals surface area contributed by atoms with Gasteiger partial charge in [0, 0.05) is 5.56 Å². The SMILES string of the molecule is CCCCCCCCc1ccc(CCc2ccc(-c3ccc(CCC)cc3)c(F)c2F)cc1. The van der Waals surface area contributed by atoms with Gasteiger partial charge in [-0.25, -0.2) is 8.78 Å². The molecule has 0 bridgehead atoms. The minimum absolute atomic E-state index is 0.332. The maximum atomic E-state index is 14.8. The molecule has 0 aliphatic rings. The second-order valence-electron chi connectivity index (χ2n) is 9.18. The van der Waals surface area contributed by atoms with E-state index in [1.165, 1.54) is 49.7 Å². The minimum atomic E-state index is -0.745. The molecule has 0 unspecified atom stereocenters. The molecule has 0 aromatic heterocycles. The van der Waals surface area contributed by atoms with E-state index in [0.29, 0.717) is 24.0 Å². The van der Waals surface area contributed by atoms with Crippen molar-refractivity contribution in [3.8, 4) is 11.1 Å². The lowest BCUT2D eigenvalue weighted by Gasteiger charge is -2.10. The Hall–Kier alpha value is -2.48. The van der Waals surface area contributed by atoms with E-state index in [1.54, 1.807) is 12.1 Å². The zero-order chi connectivity index (χ0) is 23.5. The van der Waals surface area contributed by atoms with Crippen molar-refractivity contribution >= 4 is 0 Å². The Morgan fingerprint density at radius 2 is 1.06 bits per heavy atom. The Bertz CT molecular complexity index is 971. The molecular weight excluding hydrogens is 410 g/mol. The molecule has 3 aromatic rings. The van der Waals surface area contributed by atoms with Crippen molar-refractivity contribution in [3.63, 3.8) is 0 Å². The Morgan fingerprint density at radius 3 is 1.73 bits per heavy atom. The summed E-state index contributed by atoms with van der Waals surface area (Å²) < 4.78 is 29.6. The Labute approximate surface area is 199 Å². The van der Waals surface area contributed by atoms with E-state index in [0.717, 1.165) is 30.4 Å². The fourth-order valence-electron chi connectivity index (χ4n) is 4.41. The van der Waals surface area contributed by atoms with Gasteiger partial charge < -0.3 is 0 Å². The third-order valence-electron chi connectivity index (χ3n) is 6.49. The van der Waals surface area contributed by atoms with Crippen LogP contribution >= 0.6 is 0 Å². The predicted octanol–water partition coefficient (Wildman–Crippen LogP) is 9.27. The summed E-state index contributed by atoms with van der Waals surface area (Å²) >= 11 is 0. The van der Waals surface area contributed by atoms with Gasteiger partial charge in [0.15, 0.2) is 11.6 Å². The average Bonchev–Trinajstić information content (AvgIpc) is 2.84. The fraction of sp³-hybridized carbons (Fsp3) is 0.419. The Morgan fingerprint density at radius 1 is 0.485 bits per heavy atom. The number of halogens is 2. The molecular formula is C31H38F2. The second-order valence-corrected chi connectivity index (χ2v) is 9.18. The lowest BCUT2D eigenvalue weighted by Crippen LogP contribution is -2.00. The first-order chi connectivity index (χ1) is 16.1. The quantitative estimate of drug-likeness (QED) is 0.229. The number of aryl methyl sites for hydroxylation is 4. The second kappa shape index (κ2) is 13.3. The monoisotopic (exact) mass is 448 g/mol. The van der Waals surface area contributed by atoms with E-state index in [1.807, 2.05) is 24.3 Å². The molecule has 0 spiro atoms. The summed E-state index contributed by atoms with van der Waals surface area (Å²) in [7, 11) is 0. The van der Waals surface area contributed by atoms with Crippen LogP contribution in [-0.2, 0) is 25.7 Å². The average molecular weight is 449 g/mol. The number of hydrogen-bond acceptors (Lipinski definition) is 0. The van der Waals surface area contributed by atoms with Crippen LogP contribution in [0, 0.1) is 11.6 Å². The first-order valence-electron chi connectivity index (χ1n) is 12.8. The molecule has 0 aliphatic carbocycles. The first kappa shape index (κ1) is 25.1. The van der Waals surface area contributed by atoms with E-state index in [2.05, 4.69) is 38.1 Å². The van der Waals surface area contributed by atoms with Crippen LogP contribution in [0.25, 0.3) is 11.1 Å². The van der Waals surface area contributed by atoms with Crippen LogP contribution in [0.4, 0.5) is 8.78 Å². The zero-order valence-corrected chi connectivity index (χ0v) is 20.3. The third-order valence-corrected chi connectivity index (χ3v) is 6.49. The number of benzene rings is 3. The molecule has 0 aliphatic heterocycles. The summed E-state index contributed by atoms with van der Waals surface area (Å²) in [6.07, 6.45) is 12.2. The van der Waals surface area contributed by atoms with E-state index < -0.39 is 11.6 Å². The summed E-state index contributed by atoms with van der Waals surface area (Å²) in [5.74, 6) is -1.46. The highest BCUT2D eigenvalue weighted by Gasteiger charge is 2.15. The van der Waals surface area contributed by atoms with Crippen LogP contribution in [0.3, 0.4) is 0 Å². The van der Waals surface area contributed by atoms with Crippen molar-refractivity contribution in [1.29, 1.82) is 0 Å². The molecule has 0 saturated heterocycles. The van der Waals surface area contributed by atoms with Gasteiger partial charge in [-0.1, -0.05) is 113 Å². The highest BCUT2D eigenvalue weighted by atomic mass is 19.2. The van der Waals surface area contributed by atoms with Crippen molar-refractivity contribution in [1.82, 2.24) is 0 Å². The molecule has 0 radical (unpaired) electrons. The van der Waals surface area contributed by atoms with Gasteiger partial charge >= 0.3 is 0 Å². The molecule has 0 nitrogen and oxygen atoms in total. The molecule has 0 N–H and O–H groups in total. The largest absolute Gasteiger partial charge is 0.203 e. The minimum Gasteiger partial charge on any atom is -0.203 e. The normalized spacial score (nSPS) is 11.2. The van der Waals surface area contributed by atoms with Crippen LogP contribution in [0.1, 0.15) is 81.0 Å². The third kappa shape index (κ3) is 7.52. The maximum Gasteiger partial charge on any atom is 0.166 e. The lowest BCUT2D eigenvalue weighted by molar-refractivity contribution is 0.501. The van der Waals surface area contributed by atoms with E-state index >= 15 is 0 Å². The van der Waals surface area contributed by atoms with Gasteiger partial charge in [0.05, 0.1) is 0 Å². The van der Waals surface area contributed by atoms with Gasteiger partial charge in [-0.3, -0.25) is 0 Å².